The number of nitrogens with zero attached hydrogens (tertiary/aromatic N) is 1. The molecule has 0 radical (unpaired) electrons. The van der Waals surface area contributed by atoms with Crippen LogP contribution in [0.4, 0.5) is 5.69 Å². The molecular weight excluding hydrogens is 490 g/mol. The fourth-order valence-corrected chi connectivity index (χ4v) is 5.31. The molecule has 4 N–H and O–H groups in total. The first-order valence-electron chi connectivity index (χ1n) is 9.46. The summed E-state index contributed by atoms with van der Waals surface area (Å²) >= 11 is 0. The normalized spacial score (nSPS) is 14.6. The molecule has 13 nitrogen and oxygen atoms in total. The van der Waals surface area contributed by atoms with Crippen LogP contribution in [0.2, 0.25) is 0 Å². The average Bonchev–Trinajstić information content (AvgIpc) is 3.52. The number of carbonyl (C=O) groups excluding carboxylic acids is 2. The van der Waals surface area contributed by atoms with E-state index in [1.165, 1.54) is 13.2 Å². The Balaban J connectivity index is 1.77. The van der Waals surface area contributed by atoms with E-state index in [0.29, 0.717) is 0 Å². The number of aromatic amines is 1. The van der Waals surface area contributed by atoms with Gasteiger partial charge in [0.05, 0.1) is 25.5 Å². The van der Waals surface area contributed by atoms with Gasteiger partial charge in [0.1, 0.15) is 16.2 Å². The second-order valence-electron chi connectivity index (χ2n) is 6.86. The molecule has 0 saturated carbocycles. The molecule has 1 aliphatic heterocycles. The summed E-state index contributed by atoms with van der Waals surface area (Å²) in [6.45, 7) is 0.198. The Morgan fingerprint density at radius 1 is 1.32 bits per heavy atom. The van der Waals surface area contributed by atoms with Gasteiger partial charge in [-0.2, -0.15) is 8.42 Å². The van der Waals surface area contributed by atoms with Crippen LogP contribution >= 0.6 is 0 Å². The summed E-state index contributed by atoms with van der Waals surface area (Å²) in [5, 5.41) is 5.42. The minimum atomic E-state index is -4.34. The average molecular weight is 508 g/mol. The molecule has 34 heavy (non-hydrogen) atoms. The second kappa shape index (κ2) is 8.68. The molecule has 0 bridgehead atoms. The number of carbonyl (C=O) groups is 2. The van der Waals surface area contributed by atoms with E-state index in [0.717, 1.165) is 30.1 Å². The number of nitrogens with one attached hydrogen (secondary N) is 4. The van der Waals surface area contributed by atoms with Crippen molar-refractivity contribution in [1.82, 2.24) is 20.2 Å². The third kappa shape index (κ3) is 4.38. The van der Waals surface area contributed by atoms with Gasteiger partial charge in [0, 0.05) is 29.6 Å². The van der Waals surface area contributed by atoms with Crippen LogP contribution < -0.4 is 19.5 Å². The molecule has 1 aliphatic rings. The van der Waals surface area contributed by atoms with Gasteiger partial charge in [-0.15, -0.1) is 0 Å². The Morgan fingerprint density at radius 3 is 2.76 bits per heavy atom. The maximum Gasteiger partial charge on any atom is 0.298 e. The van der Waals surface area contributed by atoms with Crippen molar-refractivity contribution >= 4 is 43.6 Å². The van der Waals surface area contributed by atoms with Crippen molar-refractivity contribution in [3.8, 4) is 5.75 Å². The summed E-state index contributed by atoms with van der Waals surface area (Å²) < 4.78 is 64.1. The van der Waals surface area contributed by atoms with E-state index in [2.05, 4.69) is 24.7 Å². The Hall–Kier alpha value is -4.11. The van der Waals surface area contributed by atoms with E-state index in [1.807, 2.05) is 4.72 Å². The molecule has 0 saturated heterocycles. The number of ether oxygens (including phenoxy) is 1. The molecule has 2 amide bonds. The van der Waals surface area contributed by atoms with Gasteiger partial charge in [0.2, 0.25) is 5.91 Å². The number of hydrogen-bond acceptors (Lipinski definition) is 9. The number of methoxy groups -OCH3 is 1. The lowest BCUT2D eigenvalue weighted by molar-refractivity contribution is -0.116. The molecule has 15 heteroatoms. The lowest BCUT2D eigenvalue weighted by Crippen LogP contribution is -2.21. The van der Waals surface area contributed by atoms with Crippen LogP contribution in [0.3, 0.4) is 0 Å². The molecule has 2 aromatic heterocycles. The predicted octanol–water partition coefficient (Wildman–Crippen LogP) is 0.574. The Kier molecular flexibility index (Phi) is 5.89. The van der Waals surface area contributed by atoms with Gasteiger partial charge in [-0.1, -0.05) is 5.16 Å². The van der Waals surface area contributed by atoms with Crippen molar-refractivity contribution in [2.24, 2.45) is 0 Å². The van der Waals surface area contributed by atoms with Crippen LogP contribution in [-0.4, -0.2) is 45.9 Å². The van der Waals surface area contributed by atoms with E-state index in [4.69, 9.17) is 4.74 Å². The molecular formula is C19H17N5O8S2. The number of anilines is 1. The minimum absolute atomic E-state index is 0.0633. The van der Waals surface area contributed by atoms with Crippen LogP contribution in [0.1, 0.15) is 21.6 Å². The van der Waals surface area contributed by atoms with Crippen molar-refractivity contribution < 1.29 is 35.7 Å². The van der Waals surface area contributed by atoms with E-state index >= 15 is 0 Å². The van der Waals surface area contributed by atoms with Crippen molar-refractivity contribution in [2.45, 2.75) is 16.5 Å². The van der Waals surface area contributed by atoms with Crippen LogP contribution in [-0.2, 0) is 31.4 Å². The monoisotopic (exact) mass is 507 g/mol. The van der Waals surface area contributed by atoms with Crippen LogP contribution in [0.25, 0.3) is 6.08 Å². The van der Waals surface area contributed by atoms with Crippen LogP contribution in [0.15, 0.2) is 57.2 Å². The van der Waals surface area contributed by atoms with Gasteiger partial charge in [0.15, 0.2) is 0 Å². The van der Waals surface area contributed by atoms with Gasteiger partial charge in [-0.3, -0.25) is 14.3 Å². The maximum atomic E-state index is 12.7. The first-order chi connectivity index (χ1) is 16.1. The molecule has 178 valence electrons. The molecule has 4 rings (SSSR count). The van der Waals surface area contributed by atoms with Crippen LogP contribution in [0.5, 0.6) is 5.75 Å². The zero-order valence-corrected chi connectivity index (χ0v) is 19.0. The van der Waals surface area contributed by atoms with Gasteiger partial charge in [0.25, 0.3) is 31.0 Å². The molecule has 0 fully saturated rings. The summed E-state index contributed by atoms with van der Waals surface area (Å²) in [5.74, 6) is -1.75. The first-order valence-corrected chi connectivity index (χ1v) is 12.4. The highest BCUT2D eigenvalue weighted by molar-refractivity contribution is 7.92. The number of aromatic nitrogens is 2. The summed E-state index contributed by atoms with van der Waals surface area (Å²) in [6.07, 6.45) is 5.08. The Labute approximate surface area is 193 Å². The van der Waals surface area contributed by atoms with Crippen molar-refractivity contribution in [3.05, 3.63) is 59.6 Å². The van der Waals surface area contributed by atoms with Gasteiger partial charge in [-0.25, -0.2) is 13.1 Å². The number of benzene rings is 1. The SMILES string of the molecule is COc1c(C=CC(=O)NCc2ccc[nH]2)c(NS(=O)(=O)c2ccno2)cc2c1C(=O)NS2(=O)=O. The molecule has 0 aliphatic carbocycles. The maximum absolute atomic E-state index is 12.7. The van der Waals surface area contributed by atoms with E-state index < -0.39 is 41.8 Å². The summed E-state index contributed by atoms with van der Waals surface area (Å²) in [7, 11) is -7.42. The molecule has 0 unspecified atom stereocenters. The number of fused-ring (bicyclic) bond motifs is 1. The van der Waals surface area contributed by atoms with Crippen molar-refractivity contribution in [1.29, 1.82) is 0 Å². The summed E-state index contributed by atoms with van der Waals surface area (Å²) in [5.41, 5.74) is 0.0860. The number of sulfonamides is 2. The number of rotatable bonds is 8. The van der Waals surface area contributed by atoms with Crippen molar-refractivity contribution in [3.63, 3.8) is 0 Å². The van der Waals surface area contributed by atoms with Crippen molar-refractivity contribution in [2.75, 3.05) is 11.8 Å². The third-order valence-electron chi connectivity index (χ3n) is 4.67. The largest absolute Gasteiger partial charge is 0.495 e. The summed E-state index contributed by atoms with van der Waals surface area (Å²) in [6, 6.07) is 5.57. The lowest BCUT2D eigenvalue weighted by atomic mass is 10.0. The lowest BCUT2D eigenvalue weighted by Gasteiger charge is -2.15. The van der Waals surface area contributed by atoms with E-state index in [9.17, 15) is 26.4 Å². The number of H-pyrrole nitrogens is 1. The number of amides is 2. The predicted molar refractivity (Wildman–Crippen MR) is 117 cm³/mol. The topological polar surface area (TPSA) is 190 Å². The highest BCUT2D eigenvalue weighted by Crippen LogP contribution is 2.40. The Morgan fingerprint density at radius 2 is 2.12 bits per heavy atom. The molecule has 0 atom stereocenters. The van der Waals surface area contributed by atoms with E-state index in [1.54, 1.807) is 18.3 Å². The molecule has 3 heterocycles. The fourth-order valence-electron chi connectivity index (χ4n) is 3.18. The van der Waals surface area contributed by atoms with Crippen LogP contribution in [0, 0.1) is 0 Å². The Bertz CT molecular complexity index is 1490. The second-order valence-corrected chi connectivity index (χ2v) is 10.1. The van der Waals surface area contributed by atoms with Gasteiger partial charge < -0.3 is 19.6 Å². The highest BCUT2D eigenvalue weighted by atomic mass is 32.2. The summed E-state index contributed by atoms with van der Waals surface area (Å²) in [4.78, 5) is 27.1. The van der Waals surface area contributed by atoms with Gasteiger partial charge >= 0.3 is 0 Å². The first kappa shape index (κ1) is 23.1. The molecule has 3 aromatic rings. The van der Waals surface area contributed by atoms with E-state index in [-0.39, 0.29) is 29.1 Å². The third-order valence-corrected chi connectivity index (χ3v) is 7.26. The molecule has 1 aromatic carbocycles. The smallest absolute Gasteiger partial charge is 0.298 e. The zero-order chi connectivity index (χ0) is 24.5. The minimum Gasteiger partial charge on any atom is -0.495 e. The number of hydrogen-bond donors (Lipinski definition) is 4. The fraction of sp³-hybridized carbons (Fsp3) is 0.105. The standard InChI is InChI=1S/C19H17N5O8S2/c1-31-18-12(4-5-15(25)21-10-11-3-2-7-20-11)13(23-34(29,30)16-6-8-22-32-16)9-14-17(18)19(26)24-33(14,27)28/h2-9,20,23H,10H2,1H3,(H,21,25)(H,24,26). The van der Waals surface area contributed by atoms with Gasteiger partial charge in [-0.05, 0) is 24.3 Å². The quantitative estimate of drug-likeness (QED) is 0.316. The zero-order valence-electron chi connectivity index (χ0n) is 17.4. The highest BCUT2D eigenvalue weighted by Gasteiger charge is 2.38. The molecule has 0 spiro atoms.